The lowest BCUT2D eigenvalue weighted by Gasteiger charge is -2.34. The van der Waals surface area contributed by atoms with Crippen LogP contribution in [0.1, 0.15) is 44.2 Å². The first-order valence-electron chi connectivity index (χ1n) is 8.03. The molecule has 0 aromatic heterocycles. The summed E-state index contributed by atoms with van der Waals surface area (Å²) in [6, 6.07) is 8.78. The summed E-state index contributed by atoms with van der Waals surface area (Å²) < 4.78 is 0. The van der Waals surface area contributed by atoms with Crippen LogP contribution in [-0.4, -0.2) is 35.2 Å². The van der Waals surface area contributed by atoms with Crippen molar-refractivity contribution in [2.45, 2.75) is 44.8 Å². The quantitative estimate of drug-likeness (QED) is 0.927. The summed E-state index contributed by atoms with van der Waals surface area (Å²) in [4.78, 5) is 31.9. The second kappa shape index (κ2) is 6.81. The van der Waals surface area contributed by atoms with Gasteiger partial charge in [-0.2, -0.15) is 0 Å². The molecule has 0 spiro atoms. The van der Waals surface area contributed by atoms with Gasteiger partial charge in [0.2, 0.25) is 5.91 Å². The number of amidine groups is 1. The highest BCUT2D eigenvalue weighted by Crippen LogP contribution is 2.26. The average Bonchev–Trinajstić information content (AvgIpc) is 2.95. The van der Waals surface area contributed by atoms with Crippen molar-refractivity contribution in [3.63, 3.8) is 0 Å². The molecule has 2 atom stereocenters. The first kappa shape index (κ1) is 15.5. The molecule has 2 aliphatic heterocycles. The molecule has 1 aromatic rings. The van der Waals surface area contributed by atoms with Crippen molar-refractivity contribution in [2.75, 3.05) is 6.54 Å². The number of carbonyl (C=O) groups excluding carboxylic acids is 2. The van der Waals surface area contributed by atoms with Crippen LogP contribution in [0.15, 0.2) is 35.5 Å². The van der Waals surface area contributed by atoms with Gasteiger partial charge in [0.15, 0.2) is 5.84 Å². The smallest absolute Gasteiger partial charge is 0.252 e. The van der Waals surface area contributed by atoms with E-state index in [4.69, 9.17) is 4.84 Å². The molecule has 23 heavy (non-hydrogen) atoms. The molecular weight excluding hydrogens is 294 g/mol. The molecule has 0 unspecified atom stereocenters. The van der Waals surface area contributed by atoms with Crippen molar-refractivity contribution in [1.82, 2.24) is 10.2 Å². The van der Waals surface area contributed by atoms with Crippen molar-refractivity contribution in [1.29, 1.82) is 0 Å². The van der Waals surface area contributed by atoms with Crippen molar-refractivity contribution in [3.8, 4) is 0 Å². The summed E-state index contributed by atoms with van der Waals surface area (Å²) in [6.07, 6.45) is 2.84. The van der Waals surface area contributed by atoms with Crippen LogP contribution in [-0.2, 0) is 14.4 Å². The largest absolute Gasteiger partial charge is 0.391 e. The highest BCUT2D eigenvalue weighted by atomic mass is 16.6. The monoisotopic (exact) mass is 315 g/mol. The summed E-state index contributed by atoms with van der Waals surface area (Å²) >= 11 is 0. The first-order valence-corrected chi connectivity index (χ1v) is 8.03. The van der Waals surface area contributed by atoms with Crippen LogP contribution in [0.4, 0.5) is 0 Å². The Hall–Kier alpha value is -2.37. The molecule has 1 fully saturated rings. The highest BCUT2D eigenvalue weighted by molar-refractivity contribution is 6.02. The van der Waals surface area contributed by atoms with Crippen molar-refractivity contribution < 1.29 is 14.4 Å². The van der Waals surface area contributed by atoms with Gasteiger partial charge in [0.1, 0.15) is 12.1 Å². The topological polar surface area (TPSA) is 71.0 Å². The molecule has 6 heteroatoms. The van der Waals surface area contributed by atoms with Crippen LogP contribution in [0, 0.1) is 0 Å². The van der Waals surface area contributed by atoms with Gasteiger partial charge in [-0.15, -0.1) is 0 Å². The lowest BCUT2D eigenvalue weighted by atomic mass is 10.0. The predicted molar refractivity (Wildman–Crippen MR) is 85.5 cm³/mol. The van der Waals surface area contributed by atoms with E-state index in [0.29, 0.717) is 25.2 Å². The third-order valence-electron chi connectivity index (χ3n) is 4.13. The number of rotatable bonds is 3. The fourth-order valence-electron chi connectivity index (χ4n) is 2.99. The molecular formula is C17H21N3O3. The Morgan fingerprint density at radius 3 is 2.78 bits per heavy atom. The second-order valence-corrected chi connectivity index (χ2v) is 6.00. The van der Waals surface area contributed by atoms with E-state index in [1.807, 2.05) is 37.3 Å². The molecule has 6 nitrogen and oxygen atoms in total. The van der Waals surface area contributed by atoms with Crippen molar-refractivity contribution >= 4 is 17.6 Å². The molecule has 2 heterocycles. The number of nitrogens with zero attached hydrogens (tertiary/aromatic N) is 2. The summed E-state index contributed by atoms with van der Waals surface area (Å²) in [5.74, 6) is 0.314. The van der Waals surface area contributed by atoms with Crippen LogP contribution in [0.2, 0.25) is 0 Å². The standard InChI is InChI=1S/C17H21N3O3/c1-12-11-14(19-23-12)18-17(22)16(13-7-3-2-4-8-13)20-10-6-5-9-15(20)21/h2-4,7-8,12,16H,5-6,9-11H2,1H3,(H,18,19,22)/t12-,16-/m0/s1. The summed E-state index contributed by atoms with van der Waals surface area (Å²) in [5.41, 5.74) is 0.813. The number of carbonyl (C=O) groups is 2. The number of hydrogen-bond donors (Lipinski definition) is 1. The van der Waals surface area contributed by atoms with E-state index in [0.717, 1.165) is 18.4 Å². The first-order chi connectivity index (χ1) is 11.1. The van der Waals surface area contributed by atoms with Crippen LogP contribution >= 0.6 is 0 Å². The Morgan fingerprint density at radius 2 is 2.13 bits per heavy atom. The molecule has 0 radical (unpaired) electrons. The molecule has 0 saturated carbocycles. The fourth-order valence-corrected chi connectivity index (χ4v) is 2.99. The molecule has 1 N–H and O–H groups in total. The Morgan fingerprint density at radius 1 is 1.35 bits per heavy atom. The highest BCUT2D eigenvalue weighted by Gasteiger charge is 2.33. The maximum absolute atomic E-state index is 12.8. The molecule has 0 aliphatic carbocycles. The number of benzene rings is 1. The molecule has 0 bridgehead atoms. The van der Waals surface area contributed by atoms with E-state index in [-0.39, 0.29) is 17.9 Å². The zero-order chi connectivity index (χ0) is 16.2. The molecule has 1 aromatic carbocycles. The Balaban J connectivity index is 1.82. The third kappa shape index (κ3) is 3.52. The molecule has 3 rings (SSSR count). The molecule has 2 amide bonds. The zero-order valence-electron chi connectivity index (χ0n) is 13.2. The fraction of sp³-hybridized carbons (Fsp3) is 0.471. The van der Waals surface area contributed by atoms with Crippen LogP contribution in [0.3, 0.4) is 0 Å². The van der Waals surface area contributed by atoms with E-state index in [9.17, 15) is 9.59 Å². The predicted octanol–water partition coefficient (Wildman–Crippen LogP) is 1.98. The van der Waals surface area contributed by atoms with Gasteiger partial charge >= 0.3 is 0 Å². The maximum Gasteiger partial charge on any atom is 0.252 e. The normalized spacial score (nSPS) is 22.3. The lowest BCUT2D eigenvalue weighted by molar-refractivity contribution is -0.142. The van der Waals surface area contributed by atoms with Gasteiger partial charge in [-0.05, 0) is 25.3 Å². The summed E-state index contributed by atoms with van der Waals surface area (Å²) in [7, 11) is 0. The number of amides is 2. The average molecular weight is 315 g/mol. The Bertz CT molecular complexity index is 615. The van der Waals surface area contributed by atoms with Gasteiger partial charge < -0.3 is 15.1 Å². The number of oxime groups is 1. The van der Waals surface area contributed by atoms with E-state index < -0.39 is 6.04 Å². The Labute approximate surface area is 135 Å². The minimum atomic E-state index is -0.623. The van der Waals surface area contributed by atoms with Gasteiger partial charge in [-0.3, -0.25) is 9.59 Å². The minimum absolute atomic E-state index is 0.0261. The number of nitrogens with one attached hydrogen (secondary N) is 1. The van der Waals surface area contributed by atoms with Gasteiger partial charge in [0, 0.05) is 19.4 Å². The molecule has 1 saturated heterocycles. The van der Waals surface area contributed by atoms with Crippen molar-refractivity contribution in [3.05, 3.63) is 35.9 Å². The van der Waals surface area contributed by atoms with Gasteiger partial charge in [0.05, 0.1) is 0 Å². The van der Waals surface area contributed by atoms with Crippen LogP contribution in [0.25, 0.3) is 0 Å². The molecule has 122 valence electrons. The minimum Gasteiger partial charge on any atom is -0.391 e. The van der Waals surface area contributed by atoms with Crippen LogP contribution in [0.5, 0.6) is 0 Å². The van der Waals surface area contributed by atoms with Crippen LogP contribution < -0.4 is 5.32 Å². The maximum atomic E-state index is 12.8. The zero-order valence-corrected chi connectivity index (χ0v) is 13.2. The van der Waals surface area contributed by atoms with Gasteiger partial charge in [-0.1, -0.05) is 35.5 Å². The Kier molecular flexibility index (Phi) is 4.60. The van der Waals surface area contributed by atoms with E-state index in [2.05, 4.69) is 10.5 Å². The van der Waals surface area contributed by atoms with Gasteiger partial charge in [0.25, 0.3) is 5.91 Å². The molecule has 2 aliphatic rings. The number of likely N-dealkylation sites (tertiary alicyclic amines) is 1. The third-order valence-corrected chi connectivity index (χ3v) is 4.13. The number of piperidine rings is 1. The van der Waals surface area contributed by atoms with E-state index in [1.165, 1.54) is 0 Å². The summed E-state index contributed by atoms with van der Waals surface area (Å²) in [5, 5.41) is 6.70. The lowest BCUT2D eigenvalue weighted by Crippen LogP contribution is -2.47. The number of hydrogen-bond acceptors (Lipinski definition) is 4. The van der Waals surface area contributed by atoms with Gasteiger partial charge in [-0.25, -0.2) is 0 Å². The van der Waals surface area contributed by atoms with E-state index in [1.54, 1.807) is 4.90 Å². The second-order valence-electron chi connectivity index (χ2n) is 6.00. The van der Waals surface area contributed by atoms with E-state index >= 15 is 0 Å². The van der Waals surface area contributed by atoms with Crippen molar-refractivity contribution in [2.24, 2.45) is 5.16 Å². The SMILES string of the molecule is C[C@H]1CC(NC(=O)[C@H](c2ccccc2)N2CCCCC2=O)=NO1. The summed E-state index contributed by atoms with van der Waals surface area (Å²) in [6.45, 7) is 2.50.